The number of aromatic nitrogens is 1. The molecule has 0 aliphatic carbocycles. The molecular formula is C28H24N2O5S. The van der Waals surface area contributed by atoms with Crippen molar-refractivity contribution in [2.24, 2.45) is 5.92 Å². The summed E-state index contributed by atoms with van der Waals surface area (Å²) in [6.07, 6.45) is 0. The van der Waals surface area contributed by atoms with Crippen LogP contribution >= 0.6 is 11.3 Å². The summed E-state index contributed by atoms with van der Waals surface area (Å²) in [7, 11) is 1.58. The molecule has 0 radical (unpaired) electrons. The molecule has 7 nitrogen and oxygen atoms in total. The summed E-state index contributed by atoms with van der Waals surface area (Å²) in [6, 6.07) is 18.7. The molecule has 0 bridgehead atoms. The van der Waals surface area contributed by atoms with Crippen LogP contribution in [0.5, 0.6) is 11.5 Å². The van der Waals surface area contributed by atoms with Crippen LogP contribution < -0.4 is 14.4 Å². The number of ketones is 2. The number of carbonyl (C=O) groups excluding carboxylic acids is 3. The van der Waals surface area contributed by atoms with Gasteiger partial charge in [0.2, 0.25) is 5.78 Å². The molecule has 0 N–H and O–H groups in total. The minimum absolute atomic E-state index is 0.356. The average molecular weight is 501 g/mol. The van der Waals surface area contributed by atoms with Gasteiger partial charge in [-0.1, -0.05) is 53.3 Å². The number of rotatable bonds is 7. The van der Waals surface area contributed by atoms with Crippen molar-refractivity contribution in [2.45, 2.75) is 19.9 Å². The van der Waals surface area contributed by atoms with Crippen LogP contribution in [0.15, 0.2) is 66.7 Å². The van der Waals surface area contributed by atoms with Gasteiger partial charge in [0, 0.05) is 5.56 Å². The van der Waals surface area contributed by atoms with E-state index in [4.69, 9.17) is 9.47 Å². The molecule has 3 aromatic carbocycles. The number of hydrogen-bond donors (Lipinski definition) is 0. The van der Waals surface area contributed by atoms with E-state index in [1.54, 1.807) is 55.6 Å². The smallest absolute Gasteiger partial charge is 0.297 e. The van der Waals surface area contributed by atoms with Gasteiger partial charge < -0.3 is 9.47 Å². The molecule has 1 aliphatic rings. The van der Waals surface area contributed by atoms with Crippen LogP contribution in [0.25, 0.3) is 10.2 Å². The molecule has 2 unspecified atom stereocenters. The van der Waals surface area contributed by atoms with E-state index in [0.29, 0.717) is 39.9 Å². The van der Waals surface area contributed by atoms with Crippen LogP contribution in [0.1, 0.15) is 34.5 Å². The minimum Gasteiger partial charge on any atom is -0.497 e. The Morgan fingerprint density at radius 3 is 2.36 bits per heavy atom. The monoisotopic (exact) mass is 500 g/mol. The van der Waals surface area contributed by atoms with Crippen LogP contribution in [0.2, 0.25) is 0 Å². The van der Waals surface area contributed by atoms with Gasteiger partial charge in [0.1, 0.15) is 17.4 Å². The summed E-state index contributed by atoms with van der Waals surface area (Å²) in [5.41, 5.74) is 2.71. The van der Waals surface area contributed by atoms with E-state index < -0.39 is 29.4 Å². The molecule has 4 aromatic rings. The number of ether oxygens (including phenoxy) is 2. The number of nitrogens with zero attached hydrogens (tertiary/aromatic N) is 2. The number of fused-ring (bicyclic) bond motifs is 1. The summed E-state index contributed by atoms with van der Waals surface area (Å²) in [5, 5.41) is 0.356. The fourth-order valence-corrected chi connectivity index (χ4v) is 5.46. The lowest BCUT2D eigenvalue weighted by Gasteiger charge is -2.25. The van der Waals surface area contributed by atoms with Gasteiger partial charge in [-0.05, 0) is 49.7 Å². The van der Waals surface area contributed by atoms with E-state index >= 15 is 0 Å². The van der Waals surface area contributed by atoms with E-state index in [0.717, 1.165) is 10.3 Å². The van der Waals surface area contributed by atoms with Gasteiger partial charge in [-0.2, -0.15) is 0 Å². The number of thiazole rings is 1. The Morgan fingerprint density at radius 2 is 1.69 bits per heavy atom. The summed E-state index contributed by atoms with van der Waals surface area (Å²) >= 11 is 1.28. The number of carbonyl (C=O) groups is 3. The largest absolute Gasteiger partial charge is 0.497 e. The molecule has 5 rings (SSSR count). The standard InChI is InChI=1S/C28H24N2O5S/c1-4-35-19-11-9-17(10-12-19)24-23(25(31)18-7-5-16(2)6-8-18)26(32)27(33)30(24)28-29-21-14-13-20(34-3)15-22(21)36-28/h5-15,23-24H,4H2,1-3H3. The quantitative estimate of drug-likeness (QED) is 0.198. The number of Topliss-reactive ketones (excluding diaryl/α,β-unsaturated/α-hetero) is 2. The SMILES string of the molecule is CCOc1ccc(C2C(C(=O)c3ccc(C)cc3)C(=O)C(=O)N2c2nc3ccc(OC)cc3s2)cc1. The molecule has 0 saturated carbocycles. The molecule has 0 spiro atoms. The zero-order valence-corrected chi connectivity index (χ0v) is 20.9. The number of hydrogen-bond acceptors (Lipinski definition) is 7. The molecule has 182 valence electrons. The molecule has 1 aromatic heterocycles. The molecule has 1 saturated heterocycles. The lowest BCUT2D eigenvalue weighted by Crippen LogP contribution is -2.30. The first-order chi connectivity index (χ1) is 17.4. The Labute approximate surface area is 212 Å². The van der Waals surface area contributed by atoms with Crippen LogP contribution in [0.3, 0.4) is 0 Å². The van der Waals surface area contributed by atoms with Crippen molar-refractivity contribution in [3.8, 4) is 11.5 Å². The van der Waals surface area contributed by atoms with Gasteiger partial charge in [0.25, 0.3) is 5.91 Å². The highest BCUT2D eigenvalue weighted by atomic mass is 32.1. The highest BCUT2D eigenvalue weighted by Gasteiger charge is 2.53. The topological polar surface area (TPSA) is 85.8 Å². The fraction of sp³-hybridized carbons (Fsp3) is 0.214. The fourth-order valence-electron chi connectivity index (χ4n) is 4.43. The number of benzene rings is 3. The van der Waals surface area contributed by atoms with E-state index in [9.17, 15) is 14.4 Å². The Balaban J connectivity index is 1.63. The third kappa shape index (κ3) is 4.13. The van der Waals surface area contributed by atoms with Gasteiger partial charge >= 0.3 is 0 Å². The van der Waals surface area contributed by atoms with Crippen molar-refractivity contribution in [1.82, 2.24) is 4.98 Å². The number of methoxy groups -OCH3 is 1. The average Bonchev–Trinajstić information content (AvgIpc) is 3.42. The van der Waals surface area contributed by atoms with Gasteiger partial charge in [0.05, 0.1) is 30.0 Å². The van der Waals surface area contributed by atoms with E-state index in [-0.39, 0.29) is 0 Å². The van der Waals surface area contributed by atoms with Crippen LogP contribution in [-0.2, 0) is 9.59 Å². The molecule has 2 atom stereocenters. The van der Waals surface area contributed by atoms with Gasteiger partial charge in [0.15, 0.2) is 10.9 Å². The second-order valence-corrected chi connectivity index (χ2v) is 9.53. The van der Waals surface area contributed by atoms with Crippen molar-refractivity contribution in [2.75, 3.05) is 18.6 Å². The zero-order chi connectivity index (χ0) is 25.4. The van der Waals surface area contributed by atoms with Crippen molar-refractivity contribution >= 4 is 44.2 Å². The van der Waals surface area contributed by atoms with Crippen molar-refractivity contribution in [3.05, 3.63) is 83.4 Å². The number of aryl methyl sites for hydroxylation is 1. The summed E-state index contributed by atoms with van der Waals surface area (Å²) in [5.74, 6) is -1.74. The van der Waals surface area contributed by atoms with Gasteiger partial charge in [-0.15, -0.1) is 0 Å². The lowest BCUT2D eigenvalue weighted by molar-refractivity contribution is -0.135. The first kappa shape index (κ1) is 23.7. The maximum absolute atomic E-state index is 13.6. The summed E-state index contributed by atoms with van der Waals surface area (Å²) in [6.45, 7) is 4.32. The molecule has 1 fully saturated rings. The zero-order valence-electron chi connectivity index (χ0n) is 20.1. The van der Waals surface area contributed by atoms with Gasteiger partial charge in [-0.3, -0.25) is 19.3 Å². The molecule has 8 heteroatoms. The Morgan fingerprint density at radius 1 is 1.00 bits per heavy atom. The van der Waals surface area contributed by atoms with Crippen molar-refractivity contribution in [3.63, 3.8) is 0 Å². The van der Waals surface area contributed by atoms with E-state index in [1.165, 1.54) is 16.2 Å². The first-order valence-corrected chi connectivity index (χ1v) is 12.4. The summed E-state index contributed by atoms with van der Waals surface area (Å²) < 4.78 is 11.7. The Hall–Kier alpha value is -4.04. The lowest BCUT2D eigenvalue weighted by atomic mass is 9.86. The van der Waals surface area contributed by atoms with Gasteiger partial charge in [-0.25, -0.2) is 4.98 Å². The maximum atomic E-state index is 13.6. The molecule has 2 heterocycles. The predicted molar refractivity (Wildman–Crippen MR) is 138 cm³/mol. The third-order valence-corrected chi connectivity index (χ3v) is 7.27. The van der Waals surface area contributed by atoms with Crippen molar-refractivity contribution < 1.29 is 23.9 Å². The first-order valence-electron chi connectivity index (χ1n) is 11.6. The normalized spacial score (nSPS) is 17.6. The summed E-state index contributed by atoms with van der Waals surface area (Å²) in [4.78, 5) is 46.4. The number of anilines is 1. The molecule has 36 heavy (non-hydrogen) atoms. The second kappa shape index (κ2) is 9.54. The second-order valence-electron chi connectivity index (χ2n) is 8.52. The molecule has 1 amide bonds. The minimum atomic E-state index is -1.19. The van der Waals surface area contributed by atoms with E-state index in [1.807, 2.05) is 32.0 Å². The van der Waals surface area contributed by atoms with Crippen LogP contribution in [0, 0.1) is 12.8 Å². The van der Waals surface area contributed by atoms with Crippen LogP contribution in [-0.4, -0.2) is 36.2 Å². The Bertz CT molecular complexity index is 1460. The molecule has 1 aliphatic heterocycles. The number of amides is 1. The van der Waals surface area contributed by atoms with E-state index in [2.05, 4.69) is 4.98 Å². The third-order valence-electron chi connectivity index (χ3n) is 6.25. The molecular weight excluding hydrogens is 476 g/mol. The maximum Gasteiger partial charge on any atom is 0.297 e. The Kier molecular flexibility index (Phi) is 6.28. The predicted octanol–water partition coefficient (Wildman–Crippen LogP) is 5.17. The van der Waals surface area contributed by atoms with Crippen LogP contribution in [0.4, 0.5) is 5.13 Å². The van der Waals surface area contributed by atoms with Crippen molar-refractivity contribution in [1.29, 1.82) is 0 Å². The highest BCUT2D eigenvalue weighted by Crippen LogP contribution is 2.44. The highest BCUT2D eigenvalue weighted by molar-refractivity contribution is 7.22.